The highest BCUT2D eigenvalue weighted by molar-refractivity contribution is 6.09. The zero-order valence-electron chi connectivity index (χ0n) is 10.2. The fraction of sp³-hybridized carbons (Fsp3) is 0.231. The van der Waals surface area contributed by atoms with Crippen molar-refractivity contribution in [1.82, 2.24) is 10.3 Å². The molecule has 0 aliphatic heterocycles. The summed E-state index contributed by atoms with van der Waals surface area (Å²) >= 11 is 0. The molecule has 0 aliphatic carbocycles. The van der Waals surface area contributed by atoms with Gasteiger partial charge in [-0.25, -0.2) is 0 Å². The topological polar surface area (TPSA) is 82.2 Å². The number of carbonyl (C=O) groups is 2. The molecule has 1 aromatic heterocycles. The normalized spacial score (nSPS) is 10.6. The van der Waals surface area contributed by atoms with Crippen LogP contribution < -0.4 is 5.32 Å². The van der Waals surface area contributed by atoms with Gasteiger partial charge < -0.3 is 15.4 Å². The van der Waals surface area contributed by atoms with Crippen molar-refractivity contribution in [3.05, 3.63) is 35.0 Å². The van der Waals surface area contributed by atoms with Crippen molar-refractivity contribution in [2.45, 2.75) is 13.8 Å². The summed E-state index contributed by atoms with van der Waals surface area (Å²) in [5.74, 6) is -1.42. The van der Waals surface area contributed by atoms with Crippen molar-refractivity contribution in [3.8, 4) is 0 Å². The van der Waals surface area contributed by atoms with Crippen molar-refractivity contribution >= 4 is 22.8 Å². The Kier molecular flexibility index (Phi) is 3.06. The molecular weight excluding hydrogens is 232 g/mol. The van der Waals surface area contributed by atoms with Gasteiger partial charge in [0.05, 0.1) is 5.56 Å². The van der Waals surface area contributed by atoms with E-state index in [1.165, 1.54) is 0 Å². The first kappa shape index (κ1) is 12.2. The largest absolute Gasteiger partial charge is 0.480 e. The minimum Gasteiger partial charge on any atom is -0.480 e. The Hall–Kier alpha value is -2.30. The smallest absolute Gasteiger partial charge is 0.322 e. The van der Waals surface area contributed by atoms with E-state index in [-0.39, 0.29) is 12.5 Å². The third-order valence-corrected chi connectivity index (χ3v) is 2.85. The number of rotatable bonds is 3. The van der Waals surface area contributed by atoms with Gasteiger partial charge in [-0.2, -0.15) is 0 Å². The molecule has 0 saturated heterocycles. The van der Waals surface area contributed by atoms with Gasteiger partial charge in [-0.15, -0.1) is 0 Å². The van der Waals surface area contributed by atoms with Crippen LogP contribution in [0.3, 0.4) is 0 Å². The lowest BCUT2D eigenvalue weighted by Crippen LogP contribution is -2.29. The van der Waals surface area contributed by atoms with Gasteiger partial charge in [-0.05, 0) is 25.5 Å². The molecule has 0 unspecified atom stereocenters. The molecule has 2 aromatic rings. The predicted octanol–water partition coefficient (Wildman–Crippen LogP) is 1.60. The second kappa shape index (κ2) is 4.52. The number of aliphatic carboxylic acids is 1. The van der Waals surface area contributed by atoms with E-state index in [1.807, 2.05) is 25.1 Å². The Morgan fingerprint density at radius 3 is 2.72 bits per heavy atom. The molecule has 0 bridgehead atoms. The van der Waals surface area contributed by atoms with Gasteiger partial charge >= 0.3 is 5.97 Å². The number of nitrogens with one attached hydrogen (secondary N) is 2. The lowest BCUT2D eigenvalue weighted by molar-refractivity contribution is -0.135. The molecule has 0 fully saturated rings. The third kappa shape index (κ3) is 2.07. The summed E-state index contributed by atoms with van der Waals surface area (Å²) in [4.78, 5) is 25.6. The first-order valence-electron chi connectivity index (χ1n) is 5.58. The SMILES string of the molecule is Cc1[nH]c2cccc(C)c2c1C(=O)NCC(=O)O. The molecular formula is C13H14N2O3. The number of carbonyl (C=O) groups excluding carboxylic acids is 1. The maximum atomic E-state index is 12.0. The van der Waals surface area contributed by atoms with Crippen LogP contribution in [0.15, 0.2) is 18.2 Å². The fourth-order valence-corrected chi connectivity index (χ4v) is 2.08. The van der Waals surface area contributed by atoms with Crippen LogP contribution in [-0.4, -0.2) is 28.5 Å². The number of carboxylic acid groups (broad SMARTS) is 1. The molecule has 2 rings (SSSR count). The number of carboxylic acids is 1. The van der Waals surface area contributed by atoms with E-state index in [0.717, 1.165) is 22.2 Å². The third-order valence-electron chi connectivity index (χ3n) is 2.85. The Morgan fingerprint density at radius 2 is 2.06 bits per heavy atom. The van der Waals surface area contributed by atoms with Crippen LogP contribution in [0.2, 0.25) is 0 Å². The first-order chi connectivity index (χ1) is 8.50. The van der Waals surface area contributed by atoms with Crippen LogP contribution in [0.25, 0.3) is 10.9 Å². The number of H-pyrrole nitrogens is 1. The van der Waals surface area contributed by atoms with Crippen LogP contribution in [0, 0.1) is 13.8 Å². The molecule has 0 aliphatic rings. The zero-order valence-corrected chi connectivity index (χ0v) is 10.2. The fourth-order valence-electron chi connectivity index (χ4n) is 2.08. The van der Waals surface area contributed by atoms with Crippen molar-refractivity contribution in [3.63, 3.8) is 0 Å². The van der Waals surface area contributed by atoms with E-state index < -0.39 is 5.97 Å². The van der Waals surface area contributed by atoms with Crippen LogP contribution in [-0.2, 0) is 4.79 Å². The van der Waals surface area contributed by atoms with E-state index in [0.29, 0.717) is 5.56 Å². The van der Waals surface area contributed by atoms with Crippen molar-refractivity contribution in [1.29, 1.82) is 0 Å². The lowest BCUT2D eigenvalue weighted by atomic mass is 10.1. The number of hydrogen-bond donors (Lipinski definition) is 3. The lowest BCUT2D eigenvalue weighted by Gasteiger charge is -2.04. The quantitative estimate of drug-likeness (QED) is 0.769. The number of fused-ring (bicyclic) bond motifs is 1. The minimum absolute atomic E-state index is 0.365. The van der Waals surface area contributed by atoms with E-state index in [9.17, 15) is 9.59 Å². The average Bonchev–Trinajstić information content (AvgIpc) is 2.63. The molecule has 0 spiro atoms. The molecule has 94 valence electrons. The Balaban J connectivity index is 2.46. The van der Waals surface area contributed by atoms with Crippen molar-refractivity contribution < 1.29 is 14.7 Å². The highest BCUT2D eigenvalue weighted by Gasteiger charge is 2.17. The summed E-state index contributed by atoms with van der Waals surface area (Å²) in [6.45, 7) is 3.34. The molecule has 1 amide bonds. The molecule has 0 atom stereocenters. The van der Waals surface area contributed by atoms with Gasteiger partial charge in [-0.1, -0.05) is 12.1 Å². The summed E-state index contributed by atoms with van der Waals surface area (Å²) in [6.07, 6.45) is 0. The summed E-state index contributed by atoms with van der Waals surface area (Å²) in [6, 6.07) is 5.72. The second-order valence-electron chi connectivity index (χ2n) is 4.20. The standard InChI is InChI=1S/C13H14N2O3/c1-7-4-3-5-9-11(7)12(8(2)15-9)13(18)14-6-10(16)17/h3-5,15H,6H2,1-2H3,(H,14,18)(H,16,17). The van der Waals surface area contributed by atoms with Crippen molar-refractivity contribution in [2.75, 3.05) is 6.54 Å². The number of hydrogen-bond acceptors (Lipinski definition) is 2. The number of benzene rings is 1. The average molecular weight is 246 g/mol. The number of aromatic amines is 1. The van der Waals surface area contributed by atoms with E-state index >= 15 is 0 Å². The first-order valence-corrected chi connectivity index (χ1v) is 5.58. The van der Waals surface area contributed by atoms with Crippen LogP contribution in [0.1, 0.15) is 21.6 Å². The summed E-state index contributed by atoms with van der Waals surface area (Å²) in [7, 11) is 0. The monoisotopic (exact) mass is 246 g/mol. The zero-order chi connectivity index (χ0) is 13.3. The molecule has 5 heteroatoms. The van der Waals surface area contributed by atoms with Gasteiger partial charge in [-0.3, -0.25) is 9.59 Å². The molecule has 1 heterocycles. The summed E-state index contributed by atoms with van der Waals surface area (Å²) in [5, 5.41) is 11.8. The van der Waals surface area contributed by atoms with Gasteiger partial charge in [0.25, 0.3) is 5.91 Å². The van der Waals surface area contributed by atoms with Gasteiger partial charge in [0, 0.05) is 16.6 Å². The highest BCUT2D eigenvalue weighted by atomic mass is 16.4. The second-order valence-corrected chi connectivity index (χ2v) is 4.20. The summed E-state index contributed by atoms with van der Waals surface area (Å²) in [5.41, 5.74) is 3.12. The van der Waals surface area contributed by atoms with Gasteiger partial charge in [0.1, 0.15) is 6.54 Å². The Morgan fingerprint density at radius 1 is 1.33 bits per heavy atom. The molecule has 0 saturated carbocycles. The Bertz CT molecular complexity index is 628. The van der Waals surface area contributed by atoms with Crippen molar-refractivity contribution in [2.24, 2.45) is 0 Å². The molecule has 5 nitrogen and oxygen atoms in total. The predicted molar refractivity (Wildman–Crippen MR) is 67.7 cm³/mol. The molecule has 1 aromatic carbocycles. The van der Waals surface area contributed by atoms with Crippen LogP contribution in [0.5, 0.6) is 0 Å². The highest BCUT2D eigenvalue weighted by Crippen LogP contribution is 2.25. The van der Waals surface area contributed by atoms with Gasteiger partial charge in [0.15, 0.2) is 0 Å². The van der Waals surface area contributed by atoms with Gasteiger partial charge in [0.2, 0.25) is 0 Å². The molecule has 3 N–H and O–H groups in total. The van der Waals surface area contributed by atoms with Crippen LogP contribution >= 0.6 is 0 Å². The Labute approximate surface area is 104 Å². The number of amides is 1. The van der Waals surface area contributed by atoms with E-state index in [2.05, 4.69) is 10.3 Å². The van der Waals surface area contributed by atoms with Crippen LogP contribution in [0.4, 0.5) is 0 Å². The molecule has 18 heavy (non-hydrogen) atoms. The summed E-state index contributed by atoms with van der Waals surface area (Å²) < 4.78 is 0. The number of aromatic nitrogens is 1. The van der Waals surface area contributed by atoms with E-state index in [1.54, 1.807) is 6.92 Å². The maximum absolute atomic E-state index is 12.0. The minimum atomic E-state index is -1.06. The number of aryl methyl sites for hydroxylation is 2. The van der Waals surface area contributed by atoms with E-state index in [4.69, 9.17) is 5.11 Å². The maximum Gasteiger partial charge on any atom is 0.322 e. The molecule has 0 radical (unpaired) electrons.